The molecule has 1 fully saturated rings. The Labute approximate surface area is 121 Å². The molecular formula is C15H26N4O. The van der Waals surface area contributed by atoms with Crippen molar-refractivity contribution >= 4 is 0 Å². The number of ether oxygens (including phenoxy) is 1. The minimum atomic E-state index is 0.167. The molecule has 2 atom stereocenters. The number of nitrogens with zero attached hydrogens (tertiary/aromatic N) is 2. The average Bonchev–Trinajstić information content (AvgIpc) is 2.48. The van der Waals surface area contributed by atoms with E-state index in [1.54, 1.807) is 7.11 Å². The van der Waals surface area contributed by atoms with Crippen LogP contribution >= 0.6 is 0 Å². The molecule has 5 heteroatoms. The molecule has 0 bridgehead atoms. The van der Waals surface area contributed by atoms with Gasteiger partial charge in [-0.25, -0.2) is 0 Å². The molecule has 1 heterocycles. The number of methoxy groups -OCH3 is 1. The maximum Gasteiger partial charge on any atom is 0.118 e. The molecule has 1 aromatic carbocycles. The number of hydrogen-bond donors (Lipinski definition) is 2. The van der Waals surface area contributed by atoms with Crippen molar-refractivity contribution in [2.45, 2.75) is 18.5 Å². The molecule has 0 aliphatic carbocycles. The maximum atomic E-state index is 5.76. The minimum absolute atomic E-state index is 0.167. The lowest BCUT2D eigenvalue weighted by Crippen LogP contribution is -2.51. The van der Waals surface area contributed by atoms with Crippen LogP contribution in [0, 0.1) is 0 Å². The molecule has 0 radical (unpaired) electrons. The van der Waals surface area contributed by atoms with Gasteiger partial charge in [0, 0.05) is 31.7 Å². The molecule has 20 heavy (non-hydrogen) atoms. The van der Waals surface area contributed by atoms with Crippen LogP contribution in [0.1, 0.15) is 18.0 Å². The molecule has 1 aliphatic heterocycles. The zero-order valence-electron chi connectivity index (χ0n) is 12.7. The van der Waals surface area contributed by atoms with E-state index in [0.717, 1.165) is 31.8 Å². The van der Waals surface area contributed by atoms with Crippen molar-refractivity contribution in [2.24, 2.45) is 5.84 Å². The number of nitrogens with two attached hydrogens (primary N) is 1. The number of benzene rings is 1. The first kappa shape index (κ1) is 15.3. The second kappa shape index (κ2) is 7.04. The van der Waals surface area contributed by atoms with Gasteiger partial charge < -0.3 is 14.5 Å². The van der Waals surface area contributed by atoms with Crippen LogP contribution in [-0.2, 0) is 0 Å². The third-order valence-corrected chi connectivity index (χ3v) is 4.21. The summed E-state index contributed by atoms with van der Waals surface area (Å²) in [5.74, 6) is 6.63. The maximum absolute atomic E-state index is 5.76. The van der Waals surface area contributed by atoms with Gasteiger partial charge in [0.2, 0.25) is 0 Å². The third-order valence-electron chi connectivity index (χ3n) is 4.21. The van der Waals surface area contributed by atoms with E-state index in [1.165, 1.54) is 5.56 Å². The lowest BCUT2D eigenvalue weighted by molar-refractivity contribution is 0.101. The standard InChI is InChI=1S/C15H26N4O/c1-18-8-9-19(2)13(11-18)10-15(17-16)12-4-6-14(20-3)7-5-12/h4-7,13,15,17H,8-11,16H2,1-3H3. The summed E-state index contributed by atoms with van der Waals surface area (Å²) in [4.78, 5) is 4.81. The van der Waals surface area contributed by atoms with Crippen molar-refractivity contribution in [3.8, 4) is 5.75 Å². The summed E-state index contributed by atoms with van der Waals surface area (Å²) in [7, 11) is 6.05. The Hall–Kier alpha value is -1.14. The summed E-state index contributed by atoms with van der Waals surface area (Å²) in [6.45, 7) is 3.34. The Balaban J connectivity index is 2.03. The van der Waals surface area contributed by atoms with Crippen LogP contribution in [0.3, 0.4) is 0 Å². The third kappa shape index (κ3) is 3.70. The van der Waals surface area contributed by atoms with Gasteiger partial charge >= 0.3 is 0 Å². The molecule has 1 aliphatic rings. The molecular weight excluding hydrogens is 252 g/mol. The van der Waals surface area contributed by atoms with Crippen LogP contribution in [0.25, 0.3) is 0 Å². The zero-order chi connectivity index (χ0) is 14.5. The van der Waals surface area contributed by atoms with Gasteiger partial charge in [-0.2, -0.15) is 0 Å². The largest absolute Gasteiger partial charge is 0.497 e. The van der Waals surface area contributed by atoms with Gasteiger partial charge in [-0.15, -0.1) is 0 Å². The van der Waals surface area contributed by atoms with Gasteiger partial charge in [-0.3, -0.25) is 11.3 Å². The lowest BCUT2D eigenvalue weighted by Gasteiger charge is -2.39. The van der Waals surface area contributed by atoms with E-state index in [-0.39, 0.29) is 6.04 Å². The van der Waals surface area contributed by atoms with Crippen molar-refractivity contribution in [3.63, 3.8) is 0 Å². The van der Waals surface area contributed by atoms with Crippen LogP contribution in [0.2, 0.25) is 0 Å². The highest BCUT2D eigenvalue weighted by Gasteiger charge is 2.25. The molecule has 1 saturated heterocycles. The monoisotopic (exact) mass is 278 g/mol. The average molecular weight is 278 g/mol. The summed E-state index contributed by atoms with van der Waals surface area (Å²) in [5.41, 5.74) is 4.16. The second-order valence-electron chi connectivity index (χ2n) is 5.62. The predicted octanol–water partition coefficient (Wildman–Crippen LogP) is 0.836. The molecule has 2 unspecified atom stereocenters. The Morgan fingerprint density at radius 1 is 1.30 bits per heavy atom. The topological polar surface area (TPSA) is 53.8 Å². The van der Waals surface area contributed by atoms with Crippen LogP contribution in [-0.4, -0.2) is 56.7 Å². The Kier molecular flexibility index (Phi) is 5.37. The number of hydrazine groups is 1. The van der Waals surface area contributed by atoms with Crippen molar-refractivity contribution in [1.82, 2.24) is 15.2 Å². The van der Waals surface area contributed by atoms with Gasteiger partial charge in [-0.05, 0) is 38.2 Å². The minimum Gasteiger partial charge on any atom is -0.497 e. The lowest BCUT2D eigenvalue weighted by atomic mass is 9.97. The van der Waals surface area contributed by atoms with E-state index in [2.05, 4.69) is 41.5 Å². The van der Waals surface area contributed by atoms with Crippen molar-refractivity contribution in [1.29, 1.82) is 0 Å². The zero-order valence-corrected chi connectivity index (χ0v) is 12.7. The number of nitrogens with one attached hydrogen (secondary N) is 1. The van der Waals surface area contributed by atoms with Crippen molar-refractivity contribution in [3.05, 3.63) is 29.8 Å². The van der Waals surface area contributed by atoms with Crippen molar-refractivity contribution < 1.29 is 4.74 Å². The van der Waals surface area contributed by atoms with Gasteiger partial charge in [0.1, 0.15) is 5.75 Å². The highest BCUT2D eigenvalue weighted by Crippen LogP contribution is 2.23. The molecule has 0 saturated carbocycles. The Bertz CT molecular complexity index is 409. The number of hydrogen-bond acceptors (Lipinski definition) is 5. The first-order valence-corrected chi connectivity index (χ1v) is 7.13. The molecule has 0 amide bonds. The molecule has 112 valence electrons. The predicted molar refractivity (Wildman–Crippen MR) is 81.6 cm³/mol. The fourth-order valence-corrected chi connectivity index (χ4v) is 2.76. The van der Waals surface area contributed by atoms with Crippen LogP contribution in [0.15, 0.2) is 24.3 Å². The molecule has 0 spiro atoms. The van der Waals surface area contributed by atoms with Crippen molar-refractivity contribution in [2.75, 3.05) is 40.8 Å². The quantitative estimate of drug-likeness (QED) is 0.617. The summed E-state index contributed by atoms with van der Waals surface area (Å²) in [6.07, 6.45) is 1.00. The smallest absolute Gasteiger partial charge is 0.118 e. The Morgan fingerprint density at radius 3 is 2.60 bits per heavy atom. The highest BCUT2D eigenvalue weighted by atomic mass is 16.5. The normalized spacial score (nSPS) is 22.7. The molecule has 5 nitrogen and oxygen atoms in total. The van der Waals surface area contributed by atoms with Gasteiger partial charge in [-0.1, -0.05) is 12.1 Å². The molecule has 1 aromatic rings. The first-order chi connectivity index (χ1) is 9.63. The highest BCUT2D eigenvalue weighted by molar-refractivity contribution is 5.29. The summed E-state index contributed by atoms with van der Waals surface area (Å²) in [5, 5.41) is 0. The second-order valence-corrected chi connectivity index (χ2v) is 5.62. The summed E-state index contributed by atoms with van der Waals surface area (Å²) >= 11 is 0. The van der Waals surface area contributed by atoms with Gasteiger partial charge in [0.15, 0.2) is 0 Å². The van der Waals surface area contributed by atoms with E-state index in [1.807, 2.05) is 12.1 Å². The van der Waals surface area contributed by atoms with E-state index in [0.29, 0.717) is 6.04 Å². The SMILES string of the molecule is COc1ccc(C(CC2CN(C)CCN2C)NN)cc1. The van der Waals surface area contributed by atoms with E-state index in [4.69, 9.17) is 10.6 Å². The first-order valence-electron chi connectivity index (χ1n) is 7.13. The van der Waals surface area contributed by atoms with Crippen LogP contribution < -0.4 is 16.0 Å². The van der Waals surface area contributed by atoms with E-state index >= 15 is 0 Å². The fraction of sp³-hybridized carbons (Fsp3) is 0.600. The summed E-state index contributed by atoms with van der Waals surface area (Å²) < 4.78 is 5.20. The Morgan fingerprint density at radius 2 is 2.00 bits per heavy atom. The number of likely N-dealkylation sites (N-methyl/N-ethyl adjacent to an activating group) is 2. The molecule has 2 rings (SSSR count). The van der Waals surface area contributed by atoms with Gasteiger partial charge in [0.05, 0.1) is 7.11 Å². The fourth-order valence-electron chi connectivity index (χ4n) is 2.76. The molecule has 0 aromatic heterocycles. The van der Waals surface area contributed by atoms with Crippen LogP contribution in [0.5, 0.6) is 5.75 Å². The number of piperazine rings is 1. The van der Waals surface area contributed by atoms with Gasteiger partial charge in [0.25, 0.3) is 0 Å². The molecule has 3 N–H and O–H groups in total. The van der Waals surface area contributed by atoms with Crippen LogP contribution in [0.4, 0.5) is 0 Å². The summed E-state index contributed by atoms with van der Waals surface area (Å²) in [6, 6.07) is 8.82. The van der Waals surface area contributed by atoms with E-state index in [9.17, 15) is 0 Å². The number of rotatable bonds is 5. The van der Waals surface area contributed by atoms with E-state index < -0.39 is 0 Å².